The van der Waals surface area contributed by atoms with Gasteiger partial charge in [0.25, 0.3) is 0 Å². The quantitative estimate of drug-likeness (QED) is 0.854. The number of hydrogen-bond donors (Lipinski definition) is 2. The molecular weight excluding hydrogens is 262 g/mol. The zero-order chi connectivity index (χ0) is 15.3. The predicted molar refractivity (Wildman–Crippen MR) is 87.0 cm³/mol. The Labute approximate surface area is 126 Å². The van der Waals surface area contributed by atoms with E-state index < -0.39 is 5.54 Å². The summed E-state index contributed by atoms with van der Waals surface area (Å²) in [5.41, 5.74) is 2.85. The Balaban J connectivity index is 2.21. The second kappa shape index (κ2) is 6.64. The van der Waals surface area contributed by atoms with E-state index in [1.54, 1.807) is 7.11 Å². The van der Waals surface area contributed by atoms with Gasteiger partial charge in [0, 0.05) is 12.1 Å². The number of anilines is 1. The summed E-state index contributed by atoms with van der Waals surface area (Å²) in [6.45, 7) is 4.11. The van der Waals surface area contributed by atoms with Crippen LogP contribution in [0, 0.1) is 6.92 Å². The fraction of sp³-hybridized carbons (Fsp3) is 0.333. The van der Waals surface area contributed by atoms with Crippen LogP contribution >= 0.6 is 0 Å². The third-order valence-corrected chi connectivity index (χ3v) is 3.59. The van der Waals surface area contributed by atoms with E-state index in [0.29, 0.717) is 6.42 Å². The Morgan fingerprint density at radius 3 is 2.57 bits per heavy atom. The summed E-state index contributed by atoms with van der Waals surface area (Å²) in [6, 6.07) is 16.1. The summed E-state index contributed by atoms with van der Waals surface area (Å²) in [5.74, 6) is 0.850. The number of methoxy groups -OCH3 is 1. The van der Waals surface area contributed by atoms with Gasteiger partial charge < -0.3 is 15.2 Å². The van der Waals surface area contributed by atoms with Crippen molar-refractivity contribution in [3.05, 3.63) is 59.7 Å². The molecule has 1 unspecified atom stereocenters. The number of benzene rings is 2. The van der Waals surface area contributed by atoms with Gasteiger partial charge in [0.05, 0.1) is 19.3 Å². The SMILES string of the molecule is COc1ccccc1CC(C)(CO)Nc1cccc(C)c1. The van der Waals surface area contributed by atoms with E-state index in [0.717, 1.165) is 17.0 Å². The molecule has 0 aliphatic rings. The van der Waals surface area contributed by atoms with Crippen LogP contribution in [0.2, 0.25) is 0 Å². The molecule has 0 fully saturated rings. The van der Waals surface area contributed by atoms with Gasteiger partial charge in [-0.3, -0.25) is 0 Å². The topological polar surface area (TPSA) is 41.5 Å². The van der Waals surface area contributed by atoms with E-state index in [9.17, 15) is 5.11 Å². The van der Waals surface area contributed by atoms with Crippen molar-refractivity contribution in [1.82, 2.24) is 0 Å². The Hall–Kier alpha value is -2.00. The van der Waals surface area contributed by atoms with Gasteiger partial charge in [-0.15, -0.1) is 0 Å². The summed E-state index contributed by atoms with van der Waals surface area (Å²) in [7, 11) is 1.67. The van der Waals surface area contributed by atoms with Gasteiger partial charge in [-0.1, -0.05) is 30.3 Å². The molecular formula is C18H23NO2. The molecule has 3 heteroatoms. The largest absolute Gasteiger partial charge is 0.496 e. The van der Waals surface area contributed by atoms with Crippen LogP contribution in [0.4, 0.5) is 5.69 Å². The number of aliphatic hydroxyl groups is 1. The molecule has 112 valence electrons. The standard InChI is InChI=1S/C18H23NO2/c1-14-7-6-9-16(11-14)19-18(2,13-20)12-15-8-4-5-10-17(15)21-3/h4-11,19-20H,12-13H2,1-3H3. The highest BCUT2D eigenvalue weighted by atomic mass is 16.5. The molecule has 3 nitrogen and oxygen atoms in total. The summed E-state index contributed by atoms with van der Waals surface area (Å²) < 4.78 is 5.40. The fourth-order valence-corrected chi connectivity index (χ4v) is 2.48. The third-order valence-electron chi connectivity index (χ3n) is 3.59. The Kier molecular flexibility index (Phi) is 4.86. The lowest BCUT2D eigenvalue weighted by molar-refractivity contribution is 0.221. The lowest BCUT2D eigenvalue weighted by Gasteiger charge is -2.31. The van der Waals surface area contributed by atoms with Gasteiger partial charge in [-0.05, 0) is 43.2 Å². The molecule has 1 atom stereocenters. The third kappa shape index (κ3) is 3.99. The van der Waals surface area contributed by atoms with Crippen molar-refractivity contribution < 1.29 is 9.84 Å². The molecule has 21 heavy (non-hydrogen) atoms. The molecule has 0 aromatic heterocycles. The zero-order valence-electron chi connectivity index (χ0n) is 12.9. The molecule has 0 saturated heterocycles. The maximum atomic E-state index is 9.84. The average Bonchev–Trinajstić information content (AvgIpc) is 2.47. The van der Waals surface area contributed by atoms with Gasteiger partial charge in [0.2, 0.25) is 0 Å². The van der Waals surface area contributed by atoms with Gasteiger partial charge in [-0.2, -0.15) is 0 Å². The Bertz CT molecular complexity index is 597. The fourth-order valence-electron chi connectivity index (χ4n) is 2.48. The Morgan fingerprint density at radius 1 is 1.14 bits per heavy atom. The summed E-state index contributed by atoms with van der Waals surface area (Å²) >= 11 is 0. The highest BCUT2D eigenvalue weighted by Gasteiger charge is 2.25. The number of rotatable bonds is 6. The zero-order valence-corrected chi connectivity index (χ0v) is 12.9. The minimum atomic E-state index is -0.442. The molecule has 0 amide bonds. The first kappa shape index (κ1) is 15.4. The summed E-state index contributed by atoms with van der Waals surface area (Å²) in [4.78, 5) is 0. The van der Waals surface area contributed by atoms with E-state index >= 15 is 0 Å². The van der Waals surface area contributed by atoms with E-state index in [1.165, 1.54) is 5.56 Å². The molecule has 0 bridgehead atoms. The molecule has 2 aromatic rings. The van der Waals surface area contributed by atoms with E-state index in [2.05, 4.69) is 24.4 Å². The maximum absolute atomic E-state index is 9.84. The van der Waals surface area contributed by atoms with E-state index in [-0.39, 0.29) is 6.61 Å². The summed E-state index contributed by atoms with van der Waals surface area (Å²) in [5, 5.41) is 13.3. The summed E-state index contributed by atoms with van der Waals surface area (Å²) in [6.07, 6.45) is 0.682. The number of hydrogen-bond acceptors (Lipinski definition) is 3. The van der Waals surface area contributed by atoms with Gasteiger partial charge in [-0.25, -0.2) is 0 Å². The maximum Gasteiger partial charge on any atom is 0.122 e. The number of ether oxygens (including phenoxy) is 1. The molecule has 2 N–H and O–H groups in total. The van der Waals surface area contributed by atoms with Gasteiger partial charge in [0.15, 0.2) is 0 Å². The minimum Gasteiger partial charge on any atom is -0.496 e. The van der Waals surface area contributed by atoms with Crippen LogP contribution < -0.4 is 10.1 Å². The first-order valence-electron chi connectivity index (χ1n) is 7.14. The monoisotopic (exact) mass is 285 g/mol. The van der Waals surface area contributed by atoms with Crippen molar-refractivity contribution in [3.8, 4) is 5.75 Å². The van der Waals surface area contributed by atoms with Crippen molar-refractivity contribution in [3.63, 3.8) is 0 Å². The number of para-hydroxylation sites is 1. The van der Waals surface area contributed by atoms with Gasteiger partial charge >= 0.3 is 0 Å². The minimum absolute atomic E-state index is 0.0407. The second-order valence-electron chi connectivity index (χ2n) is 5.70. The van der Waals surface area contributed by atoms with Crippen molar-refractivity contribution in [2.45, 2.75) is 25.8 Å². The molecule has 0 spiro atoms. The first-order chi connectivity index (χ1) is 10.1. The van der Waals surface area contributed by atoms with Crippen LogP contribution in [0.15, 0.2) is 48.5 Å². The molecule has 2 aromatic carbocycles. The van der Waals surface area contributed by atoms with Crippen LogP contribution in [0.1, 0.15) is 18.1 Å². The lowest BCUT2D eigenvalue weighted by atomic mass is 9.92. The van der Waals surface area contributed by atoms with Gasteiger partial charge in [0.1, 0.15) is 5.75 Å². The van der Waals surface area contributed by atoms with Crippen molar-refractivity contribution in [2.75, 3.05) is 19.0 Å². The molecule has 0 aliphatic carbocycles. The normalized spacial score (nSPS) is 13.5. The molecule has 0 aliphatic heterocycles. The van der Waals surface area contributed by atoms with Crippen LogP contribution in [0.3, 0.4) is 0 Å². The number of aryl methyl sites for hydroxylation is 1. The van der Waals surface area contributed by atoms with Crippen LogP contribution in [-0.2, 0) is 6.42 Å². The Morgan fingerprint density at radius 2 is 1.90 bits per heavy atom. The van der Waals surface area contributed by atoms with Crippen molar-refractivity contribution >= 4 is 5.69 Å². The molecule has 0 radical (unpaired) electrons. The van der Waals surface area contributed by atoms with Crippen molar-refractivity contribution in [2.24, 2.45) is 0 Å². The molecule has 2 rings (SSSR count). The van der Waals surface area contributed by atoms with Crippen molar-refractivity contribution in [1.29, 1.82) is 0 Å². The van der Waals surface area contributed by atoms with Crippen LogP contribution in [0.25, 0.3) is 0 Å². The van der Waals surface area contributed by atoms with Crippen LogP contribution in [0.5, 0.6) is 5.75 Å². The molecule has 0 heterocycles. The number of nitrogens with one attached hydrogen (secondary N) is 1. The van der Waals surface area contributed by atoms with E-state index in [1.807, 2.05) is 43.3 Å². The second-order valence-corrected chi connectivity index (χ2v) is 5.70. The lowest BCUT2D eigenvalue weighted by Crippen LogP contribution is -2.41. The first-order valence-corrected chi connectivity index (χ1v) is 7.14. The molecule has 0 saturated carbocycles. The smallest absolute Gasteiger partial charge is 0.122 e. The van der Waals surface area contributed by atoms with E-state index in [4.69, 9.17) is 4.74 Å². The van der Waals surface area contributed by atoms with Crippen LogP contribution in [-0.4, -0.2) is 24.4 Å². The highest BCUT2D eigenvalue weighted by Crippen LogP contribution is 2.25. The predicted octanol–water partition coefficient (Wildman–Crippen LogP) is 3.41. The average molecular weight is 285 g/mol. The highest BCUT2D eigenvalue weighted by molar-refractivity contribution is 5.48. The number of aliphatic hydroxyl groups excluding tert-OH is 1.